The largest absolute Gasteiger partial charge is 0.457 e. The number of nitrogens with zero attached hydrogens (tertiary/aromatic N) is 1. The smallest absolute Gasteiger partial charge is 0.253 e. The lowest BCUT2D eigenvalue weighted by molar-refractivity contribution is 0.0784. The Morgan fingerprint density at radius 1 is 0.893 bits per heavy atom. The van der Waals surface area contributed by atoms with Gasteiger partial charge in [-0.3, -0.25) is 9.59 Å². The fourth-order valence-electron chi connectivity index (χ4n) is 2.66. The van der Waals surface area contributed by atoms with Crippen molar-refractivity contribution >= 4 is 27.7 Å². The van der Waals surface area contributed by atoms with Crippen molar-refractivity contribution in [2.45, 2.75) is 6.54 Å². The molecule has 0 saturated heterocycles. The van der Waals surface area contributed by atoms with Crippen molar-refractivity contribution in [3.8, 4) is 11.5 Å². The molecule has 0 aliphatic carbocycles. The minimum absolute atomic E-state index is 0.0758. The van der Waals surface area contributed by atoms with Gasteiger partial charge in [-0.25, -0.2) is 0 Å². The zero-order valence-electron chi connectivity index (χ0n) is 15.3. The number of halogens is 1. The van der Waals surface area contributed by atoms with Crippen LogP contribution in [-0.2, 0) is 6.54 Å². The molecule has 0 heterocycles. The molecule has 0 aromatic heterocycles. The maximum absolute atomic E-state index is 12.7. The second-order valence-corrected chi connectivity index (χ2v) is 7.12. The van der Waals surface area contributed by atoms with Gasteiger partial charge >= 0.3 is 0 Å². The van der Waals surface area contributed by atoms with Crippen molar-refractivity contribution in [2.75, 3.05) is 7.05 Å². The molecular weight excluding hydrogens is 420 g/mol. The molecule has 2 N–H and O–H groups in total. The fourth-order valence-corrected chi connectivity index (χ4v) is 3.07. The van der Waals surface area contributed by atoms with Crippen molar-refractivity contribution < 1.29 is 14.3 Å². The van der Waals surface area contributed by atoms with Gasteiger partial charge < -0.3 is 15.4 Å². The first kappa shape index (κ1) is 19.6. The van der Waals surface area contributed by atoms with Gasteiger partial charge in [0.1, 0.15) is 11.5 Å². The van der Waals surface area contributed by atoms with E-state index >= 15 is 0 Å². The summed E-state index contributed by atoms with van der Waals surface area (Å²) in [6.45, 7) is 0.505. The summed E-state index contributed by atoms with van der Waals surface area (Å²) < 4.78 is 6.71. The van der Waals surface area contributed by atoms with E-state index < -0.39 is 5.91 Å². The summed E-state index contributed by atoms with van der Waals surface area (Å²) in [6, 6.07) is 21.3. The van der Waals surface area contributed by atoms with Crippen LogP contribution in [0.5, 0.6) is 11.5 Å². The van der Waals surface area contributed by atoms with E-state index in [2.05, 4.69) is 15.9 Å². The highest BCUT2D eigenvalue weighted by Crippen LogP contribution is 2.23. The zero-order chi connectivity index (χ0) is 20.1. The summed E-state index contributed by atoms with van der Waals surface area (Å²) in [5.41, 5.74) is 7.26. The van der Waals surface area contributed by atoms with E-state index in [0.29, 0.717) is 29.2 Å². The number of ether oxygens (including phenoxy) is 1. The fraction of sp³-hybridized carbons (Fsp3) is 0.0909. The molecular formula is C22H19BrN2O3. The van der Waals surface area contributed by atoms with Crippen molar-refractivity contribution in [3.63, 3.8) is 0 Å². The average molecular weight is 439 g/mol. The van der Waals surface area contributed by atoms with E-state index in [9.17, 15) is 9.59 Å². The molecule has 0 spiro atoms. The number of carbonyl (C=O) groups excluding carboxylic acids is 2. The summed E-state index contributed by atoms with van der Waals surface area (Å²) in [5.74, 6) is 0.612. The topological polar surface area (TPSA) is 72.6 Å². The van der Waals surface area contributed by atoms with E-state index in [1.165, 1.54) is 0 Å². The van der Waals surface area contributed by atoms with Crippen LogP contribution in [0, 0.1) is 0 Å². The Kier molecular flexibility index (Phi) is 6.11. The molecule has 5 nitrogen and oxygen atoms in total. The minimum atomic E-state index is -0.485. The van der Waals surface area contributed by atoms with Crippen LogP contribution in [0.15, 0.2) is 77.3 Å². The minimum Gasteiger partial charge on any atom is -0.457 e. The molecule has 2 amide bonds. The van der Waals surface area contributed by atoms with Crippen LogP contribution in [0.2, 0.25) is 0 Å². The number of primary amides is 1. The molecule has 0 atom stereocenters. The van der Waals surface area contributed by atoms with Crippen LogP contribution in [0.3, 0.4) is 0 Å². The Morgan fingerprint density at radius 2 is 1.43 bits per heavy atom. The number of benzene rings is 3. The first-order valence-corrected chi connectivity index (χ1v) is 9.40. The molecule has 0 bridgehead atoms. The van der Waals surface area contributed by atoms with E-state index in [1.54, 1.807) is 60.5 Å². The third kappa shape index (κ3) is 4.78. The van der Waals surface area contributed by atoms with Gasteiger partial charge in [0.2, 0.25) is 5.91 Å². The third-order valence-electron chi connectivity index (χ3n) is 4.19. The maximum Gasteiger partial charge on any atom is 0.253 e. The van der Waals surface area contributed by atoms with Crippen LogP contribution in [0.4, 0.5) is 0 Å². The van der Waals surface area contributed by atoms with Crippen molar-refractivity contribution in [1.82, 2.24) is 4.90 Å². The maximum atomic E-state index is 12.7. The summed E-state index contributed by atoms with van der Waals surface area (Å²) in [7, 11) is 1.77. The molecule has 0 saturated carbocycles. The van der Waals surface area contributed by atoms with Crippen LogP contribution in [0.25, 0.3) is 0 Å². The van der Waals surface area contributed by atoms with Crippen LogP contribution < -0.4 is 10.5 Å². The van der Waals surface area contributed by atoms with Crippen LogP contribution in [0.1, 0.15) is 26.3 Å². The van der Waals surface area contributed by atoms with Crippen molar-refractivity contribution in [3.05, 3.63) is 94.0 Å². The molecule has 0 aliphatic heterocycles. The summed E-state index contributed by atoms with van der Waals surface area (Å²) in [6.07, 6.45) is 0. The SMILES string of the molecule is CN(Cc1ccccc1Br)C(=O)c1ccc(Oc2ccc(C(N)=O)cc2)cc1. The van der Waals surface area contributed by atoms with Crippen molar-refractivity contribution in [2.24, 2.45) is 5.73 Å². The summed E-state index contributed by atoms with van der Waals surface area (Å²) in [5, 5.41) is 0. The number of hydrogen-bond acceptors (Lipinski definition) is 3. The number of amides is 2. The van der Waals surface area contributed by atoms with E-state index in [0.717, 1.165) is 10.0 Å². The highest BCUT2D eigenvalue weighted by molar-refractivity contribution is 9.10. The molecule has 0 radical (unpaired) electrons. The Hall–Kier alpha value is -3.12. The van der Waals surface area contributed by atoms with Gasteiger partial charge in [-0.05, 0) is 60.2 Å². The Morgan fingerprint density at radius 3 is 1.96 bits per heavy atom. The van der Waals surface area contributed by atoms with Gasteiger partial charge in [0, 0.05) is 29.2 Å². The van der Waals surface area contributed by atoms with Gasteiger partial charge in [0.05, 0.1) is 0 Å². The van der Waals surface area contributed by atoms with Crippen molar-refractivity contribution in [1.29, 1.82) is 0 Å². The first-order valence-electron chi connectivity index (χ1n) is 8.60. The molecule has 3 aromatic rings. The number of hydrogen-bond donors (Lipinski definition) is 1. The number of nitrogens with two attached hydrogens (primary N) is 1. The Bertz CT molecular complexity index is 985. The van der Waals surface area contributed by atoms with Gasteiger partial charge in [0.25, 0.3) is 5.91 Å². The molecule has 142 valence electrons. The highest BCUT2D eigenvalue weighted by atomic mass is 79.9. The average Bonchev–Trinajstić information content (AvgIpc) is 2.70. The quantitative estimate of drug-likeness (QED) is 0.610. The van der Waals surface area contributed by atoms with E-state index in [1.807, 2.05) is 24.3 Å². The second kappa shape index (κ2) is 8.71. The zero-order valence-corrected chi connectivity index (χ0v) is 16.8. The van der Waals surface area contributed by atoms with E-state index in [-0.39, 0.29) is 5.91 Å². The first-order chi connectivity index (χ1) is 13.4. The van der Waals surface area contributed by atoms with Gasteiger partial charge in [-0.2, -0.15) is 0 Å². The monoisotopic (exact) mass is 438 g/mol. The standard InChI is InChI=1S/C22H19BrN2O3/c1-25(14-17-4-2-3-5-20(17)23)22(27)16-8-12-19(13-9-16)28-18-10-6-15(7-11-18)21(24)26/h2-13H,14H2,1H3,(H2,24,26). The Balaban J connectivity index is 1.65. The lowest BCUT2D eigenvalue weighted by Gasteiger charge is -2.18. The molecule has 3 rings (SSSR count). The molecule has 0 unspecified atom stereocenters. The summed E-state index contributed by atoms with van der Waals surface area (Å²) in [4.78, 5) is 25.4. The highest BCUT2D eigenvalue weighted by Gasteiger charge is 2.13. The third-order valence-corrected chi connectivity index (χ3v) is 4.96. The Labute approximate surface area is 171 Å². The van der Waals surface area contributed by atoms with Gasteiger partial charge in [-0.1, -0.05) is 34.1 Å². The predicted molar refractivity (Wildman–Crippen MR) is 111 cm³/mol. The lowest BCUT2D eigenvalue weighted by atomic mass is 10.1. The van der Waals surface area contributed by atoms with Gasteiger partial charge in [-0.15, -0.1) is 0 Å². The van der Waals surface area contributed by atoms with E-state index in [4.69, 9.17) is 10.5 Å². The molecule has 28 heavy (non-hydrogen) atoms. The molecule has 6 heteroatoms. The normalized spacial score (nSPS) is 10.4. The molecule has 0 fully saturated rings. The molecule has 3 aromatic carbocycles. The van der Waals surface area contributed by atoms with Gasteiger partial charge in [0.15, 0.2) is 0 Å². The predicted octanol–water partition coefficient (Wildman–Crippen LogP) is 4.61. The van der Waals surface area contributed by atoms with Crippen LogP contribution in [-0.4, -0.2) is 23.8 Å². The lowest BCUT2D eigenvalue weighted by Crippen LogP contribution is -2.26. The molecule has 0 aliphatic rings. The van der Waals surface area contributed by atoms with Crippen LogP contribution >= 0.6 is 15.9 Å². The number of carbonyl (C=O) groups is 2. The summed E-state index contributed by atoms with van der Waals surface area (Å²) >= 11 is 3.50. The number of rotatable bonds is 6. The second-order valence-electron chi connectivity index (χ2n) is 6.27.